The Hall–Kier alpha value is -3.43. The topological polar surface area (TPSA) is 87.0 Å². The predicted octanol–water partition coefficient (Wildman–Crippen LogP) is 5.45. The van der Waals surface area contributed by atoms with Gasteiger partial charge in [0.05, 0.1) is 0 Å². The maximum absolute atomic E-state index is 13.8. The highest BCUT2D eigenvalue weighted by Crippen LogP contribution is 2.31. The van der Waals surface area contributed by atoms with Crippen LogP contribution in [0.5, 0.6) is 0 Å². The lowest BCUT2D eigenvalue weighted by Crippen LogP contribution is -2.52. The van der Waals surface area contributed by atoms with Gasteiger partial charge in [-0.3, -0.25) is 4.79 Å². The molecule has 0 saturated carbocycles. The third-order valence-electron chi connectivity index (χ3n) is 8.67. The number of hydrogen-bond donors (Lipinski definition) is 0. The number of benzene rings is 2. The number of hydrogen-bond acceptors (Lipinski definition) is 6. The third-order valence-corrected chi connectivity index (χ3v) is 10.7. The Morgan fingerprint density at radius 1 is 0.833 bits per heavy atom. The molecule has 0 spiro atoms. The van der Waals surface area contributed by atoms with E-state index in [1.165, 1.54) is 26.7 Å². The average molecular weight is 591 g/mol. The van der Waals surface area contributed by atoms with Gasteiger partial charge in [0.2, 0.25) is 15.9 Å². The summed E-state index contributed by atoms with van der Waals surface area (Å²) >= 11 is 0. The molecule has 0 radical (unpaired) electrons. The molecule has 3 aromatic rings. The predicted molar refractivity (Wildman–Crippen MR) is 167 cm³/mol. The van der Waals surface area contributed by atoms with E-state index in [1.54, 1.807) is 13.0 Å². The Bertz CT molecular complexity index is 1590. The van der Waals surface area contributed by atoms with Crippen LogP contribution in [0.4, 0.5) is 5.69 Å². The Morgan fingerprint density at radius 2 is 1.48 bits per heavy atom. The second-order valence-electron chi connectivity index (χ2n) is 11.9. The molecule has 0 bridgehead atoms. The van der Waals surface area contributed by atoms with Gasteiger partial charge in [-0.1, -0.05) is 41.1 Å². The molecule has 0 unspecified atom stereocenters. The van der Waals surface area contributed by atoms with Crippen LogP contribution in [0.1, 0.15) is 57.7 Å². The van der Waals surface area contributed by atoms with Crippen LogP contribution >= 0.6 is 0 Å². The minimum Gasteiger partial charge on any atom is -0.368 e. The van der Waals surface area contributed by atoms with Crippen molar-refractivity contribution in [2.75, 3.05) is 44.2 Å². The second kappa shape index (κ2) is 12.1. The van der Waals surface area contributed by atoms with Crippen LogP contribution in [-0.2, 0) is 14.8 Å². The molecule has 5 rings (SSSR count). The van der Waals surface area contributed by atoms with Gasteiger partial charge in [0.1, 0.15) is 5.69 Å². The van der Waals surface area contributed by atoms with Crippen molar-refractivity contribution in [1.29, 1.82) is 0 Å². The minimum atomic E-state index is -3.84. The molecule has 8 nitrogen and oxygen atoms in total. The van der Waals surface area contributed by atoms with Gasteiger partial charge in [-0.2, -0.15) is 4.31 Å². The monoisotopic (exact) mass is 590 g/mol. The van der Waals surface area contributed by atoms with Crippen molar-refractivity contribution in [2.45, 2.75) is 59.3 Å². The lowest BCUT2D eigenvalue weighted by Gasteiger charge is -2.39. The molecule has 2 aromatic carbocycles. The molecule has 2 fully saturated rings. The van der Waals surface area contributed by atoms with E-state index >= 15 is 0 Å². The maximum atomic E-state index is 13.8. The fourth-order valence-electron chi connectivity index (χ4n) is 6.37. The zero-order chi connectivity index (χ0) is 30.2. The molecule has 9 heteroatoms. The molecular weight excluding hydrogens is 548 g/mol. The Kier molecular flexibility index (Phi) is 8.62. The summed E-state index contributed by atoms with van der Waals surface area (Å²) < 4.78 is 34.5. The zero-order valence-corrected chi connectivity index (χ0v) is 26.4. The van der Waals surface area contributed by atoms with Crippen molar-refractivity contribution in [2.24, 2.45) is 5.92 Å². The Labute approximate surface area is 250 Å². The van der Waals surface area contributed by atoms with Crippen LogP contribution in [0.15, 0.2) is 39.8 Å². The van der Waals surface area contributed by atoms with Crippen molar-refractivity contribution in [3.8, 4) is 0 Å². The number of piperidine rings is 1. The number of carbonyl (C=O) groups excluding carboxylic acids is 1. The van der Waals surface area contributed by atoms with Crippen molar-refractivity contribution in [3.05, 3.63) is 75.2 Å². The largest absolute Gasteiger partial charge is 0.368 e. The summed E-state index contributed by atoms with van der Waals surface area (Å²) in [7, 11) is -3.84. The van der Waals surface area contributed by atoms with Crippen LogP contribution < -0.4 is 4.90 Å². The smallest absolute Gasteiger partial charge is 0.248 e. The highest BCUT2D eigenvalue weighted by molar-refractivity contribution is 7.89. The Balaban J connectivity index is 1.22. The van der Waals surface area contributed by atoms with E-state index in [2.05, 4.69) is 61.2 Å². The van der Waals surface area contributed by atoms with Gasteiger partial charge in [0.25, 0.3) is 0 Å². The molecular formula is C33H42N4O4S. The van der Waals surface area contributed by atoms with E-state index in [-0.39, 0.29) is 22.5 Å². The fraction of sp³-hybridized carbons (Fsp3) is 0.455. The van der Waals surface area contributed by atoms with Crippen molar-refractivity contribution >= 4 is 33.8 Å². The SMILES string of the molecule is Cc1cc(C)c(/C=C/c2onc(C)c2S(=O)(=O)N2CCC(C(=O)N3CCN(c4cc(C)ccc4C)CC3)CC2)c(C)c1. The van der Waals surface area contributed by atoms with Gasteiger partial charge in [-0.15, -0.1) is 0 Å². The van der Waals surface area contributed by atoms with Crippen molar-refractivity contribution in [3.63, 3.8) is 0 Å². The molecule has 1 aromatic heterocycles. The molecule has 224 valence electrons. The molecule has 3 heterocycles. The molecule has 2 saturated heterocycles. The normalized spacial score (nSPS) is 17.4. The first-order valence-corrected chi connectivity index (χ1v) is 16.2. The summed E-state index contributed by atoms with van der Waals surface area (Å²) in [5.41, 5.74) is 8.50. The van der Waals surface area contributed by atoms with Crippen LogP contribution in [0.2, 0.25) is 0 Å². The second-order valence-corrected chi connectivity index (χ2v) is 13.8. The number of piperazine rings is 1. The summed E-state index contributed by atoms with van der Waals surface area (Å²) in [4.78, 5) is 17.8. The summed E-state index contributed by atoms with van der Waals surface area (Å²) in [6, 6.07) is 10.7. The highest BCUT2D eigenvalue weighted by atomic mass is 32.2. The number of anilines is 1. The summed E-state index contributed by atoms with van der Waals surface area (Å²) in [6.07, 6.45) is 4.61. The Morgan fingerprint density at radius 3 is 2.12 bits per heavy atom. The zero-order valence-electron chi connectivity index (χ0n) is 25.6. The van der Waals surface area contributed by atoms with Crippen LogP contribution in [0.3, 0.4) is 0 Å². The first kappa shape index (κ1) is 30.0. The van der Waals surface area contributed by atoms with Crippen LogP contribution in [0, 0.1) is 47.5 Å². The van der Waals surface area contributed by atoms with E-state index in [0.717, 1.165) is 29.8 Å². The number of aryl methyl sites for hydroxylation is 6. The highest BCUT2D eigenvalue weighted by Gasteiger charge is 2.37. The molecule has 2 aliphatic heterocycles. The summed E-state index contributed by atoms with van der Waals surface area (Å²) in [5, 5.41) is 3.99. The van der Waals surface area contributed by atoms with Crippen molar-refractivity contribution in [1.82, 2.24) is 14.4 Å². The first-order valence-electron chi connectivity index (χ1n) is 14.8. The van der Waals surface area contributed by atoms with E-state index in [1.807, 2.05) is 24.8 Å². The molecule has 1 amide bonds. The number of rotatable bonds is 6. The van der Waals surface area contributed by atoms with Gasteiger partial charge in [-0.05, 0) is 94.3 Å². The molecule has 0 atom stereocenters. The van der Waals surface area contributed by atoms with E-state index in [0.29, 0.717) is 44.7 Å². The van der Waals surface area contributed by atoms with Gasteiger partial charge in [-0.25, -0.2) is 8.42 Å². The summed E-state index contributed by atoms with van der Waals surface area (Å²) in [6.45, 7) is 15.6. The number of aromatic nitrogens is 1. The molecule has 2 aliphatic rings. The molecule has 0 aliphatic carbocycles. The third kappa shape index (κ3) is 6.03. The van der Waals surface area contributed by atoms with Gasteiger partial charge < -0.3 is 14.3 Å². The first-order chi connectivity index (χ1) is 20.0. The fourth-order valence-corrected chi connectivity index (χ4v) is 8.09. The maximum Gasteiger partial charge on any atom is 0.248 e. The van der Waals surface area contributed by atoms with Gasteiger partial charge in [0, 0.05) is 50.9 Å². The van der Waals surface area contributed by atoms with E-state index < -0.39 is 10.0 Å². The van der Waals surface area contributed by atoms with Gasteiger partial charge >= 0.3 is 0 Å². The number of nitrogens with zero attached hydrogens (tertiary/aromatic N) is 4. The van der Waals surface area contributed by atoms with Gasteiger partial charge in [0.15, 0.2) is 10.7 Å². The lowest BCUT2D eigenvalue weighted by molar-refractivity contribution is -0.137. The van der Waals surface area contributed by atoms with Crippen LogP contribution in [-0.4, -0.2) is 68.0 Å². The lowest BCUT2D eigenvalue weighted by atomic mass is 9.96. The standard InChI is InChI=1S/C33H42N4O4S/c1-22-7-8-24(3)30(21-22)35-15-17-36(18-16-35)33(38)28-11-13-37(14-12-28)42(39,40)32-27(6)34-41-31(32)10-9-29-25(4)19-23(2)20-26(29)5/h7-10,19-21,28H,11-18H2,1-6H3/b10-9+. The number of amides is 1. The molecule has 42 heavy (non-hydrogen) atoms. The van der Waals surface area contributed by atoms with Crippen molar-refractivity contribution < 1.29 is 17.7 Å². The summed E-state index contributed by atoms with van der Waals surface area (Å²) in [5.74, 6) is 0.201. The quantitative estimate of drug-likeness (QED) is 0.380. The number of sulfonamides is 1. The number of carbonyl (C=O) groups is 1. The van der Waals surface area contributed by atoms with E-state index in [4.69, 9.17) is 4.52 Å². The average Bonchev–Trinajstić information content (AvgIpc) is 3.34. The van der Waals surface area contributed by atoms with Crippen LogP contribution in [0.25, 0.3) is 12.2 Å². The minimum absolute atomic E-state index is 0.105. The molecule has 0 N–H and O–H groups in total. The van der Waals surface area contributed by atoms with E-state index in [9.17, 15) is 13.2 Å².